The van der Waals surface area contributed by atoms with Crippen LogP contribution in [0.15, 0.2) is 42.9 Å². The molecule has 2 aromatic heterocycles. The number of pyridine rings is 1. The summed E-state index contributed by atoms with van der Waals surface area (Å²) in [5.41, 5.74) is 1.78. The molecule has 3 rings (SSSR count). The highest BCUT2D eigenvalue weighted by molar-refractivity contribution is 6.44. The number of H-pyrrole nitrogens is 1. The van der Waals surface area contributed by atoms with Crippen molar-refractivity contribution in [3.05, 3.63) is 64.0 Å². The molecule has 0 spiro atoms. The van der Waals surface area contributed by atoms with Crippen LogP contribution in [-0.2, 0) is 0 Å². The first-order valence-electron chi connectivity index (χ1n) is 5.58. The summed E-state index contributed by atoms with van der Waals surface area (Å²) in [6.07, 6.45) is 4.98. The van der Waals surface area contributed by atoms with Crippen molar-refractivity contribution in [2.75, 3.05) is 0 Å². The molecular formula is C14H8Cl2N2O. The Labute approximate surface area is 119 Å². The van der Waals surface area contributed by atoms with Gasteiger partial charge in [-0.1, -0.05) is 29.3 Å². The molecular weight excluding hydrogens is 283 g/mol. The standard InChI is InChI=1S/C14H8Cl2N2O/c15-11-3-1-2-8(13(11)16)14(19)10-7-18-12-4-5-17-6-9(10)12/h1-7,18H. The lowest BCUT2D eigenvalue weighted by Crippen LogP contribution is -2.01. The number of nitrogens with zero attached hydrogens (tertiary/aromatic N) is 1. The van der Waals surface area contributed by atoms with E-state index in [2.05, 4.69) is 9.97 Å². The molecule has 0 saturated heterocycles. The number of rotatable bonds is 2. The normalized spacial score (nSPS) is 10.8. The molecule has 1 aromatic carbocycles. The van der Waals surface area contributed by atoms with Crippen LogP contribution in [0.5, 0.6) is 0 Å². The minimum atomic E-state index is -0.174. The van der Waals surface area contributed by atoms with Crippen LogP contribution in [0.25, 0.3) is 10.9 Å². The van der Waals surface area contributed by atoms with Gasteiger partial charge in [-0.25, -0.2) is 0 Å². The fourth-order valence-electron chi connectivity index (χ4n) is 1.97. The van der Waals surface area contributed by atoms with Gasteiger partial charge >= 0.3 is 0 Å². The van der Waals surface area contributed by atoms with Crippen LogP contribution in [0, 0.1) is 0 Å². The van der Waals surface area contributed by atoms with E-state index in [9.17, 15) is 4.79 Å². The van der Waals surface area contributed by atoms with Crippen LogP contribution in [-0.4, -0.2) is 15.8 Å². The highest BCUT2D eigenvalue weighted by Crippen LogP contribution is 2.29. The number of fused-ring (bicyclic) bond motifs is 1. The predicted molar refractivity (Wildman–Crippen MR) is 76.0 cm³/mol. The summed E-state index contributed by atoms with van der Waals surface area (Å²) in [6, 6.07) is 6.82. The minimum absolute atomic E-state index is 0.174. The molecule has 0 aliphatic heterocycles. The lowest BCUT2D eigenvalue weighted by Gasteiger charge is -2.03. The van der Waals surface area contributed by atoms with Crippen molar-refractivity contribution in [1.82, 2.24) is 9.97 Å². The van der Waals surface area contributed by atoms with Crippen molar-refractivity contribution >= 4 is 39.9 Å². The Kier molecular flexibility index (Phi) is 3.01. The minimum Gasteiger partial charge on any atom is -0.360 e. The molecule has 0 bridgehead atoms. The summed E-state index contributed by atoms with van der Waals surface area (Å²) in [4.78, 5) is 19.6. The van der Waals surface area contributed by atoms with Crippen LogP contribution in [0.2, 0.25) is 10.0 Å². The van der Waals surface area contributed by atoms with E-state index in [1.54, 1.807) is 36.8 Å². The van der Waals surface area contributed by atoms with Gasteiger partial charge in [0.05, 0.1) is 10.0 Å². The zero-order valence-electron chi connectivity index (χ0n) is 9.65. The smallest absolute Gasteiger partial charge is 0.196 e. The fraction of sp³-hybridized carbons (Fsp3) is 0. The molecule has 0 saturated carbocycles. The van der Waals surface area contributed by atoms with Crippen LogP contribution in [0.3, 0.4) is 0 Å². The van der Waals surface area contributed by atoms with Gasteiger partial charge in [-0.3, -0.25) is 9.78 Å². The van der Waals surface area contributed by atoms with Crippen molar-refractivity contribution in [2.24, 2.45) is 0 Å². The van der Waals surface area contributed by atoms with Crippen molar-refractivity contribution in [2.45, 2.75) is 0 Å². The number of carbonyl (C=O) groups is 1. The maximum absolute atomic E-state index is 12.5. The molecule has 0 aliphatic rings. The summed E-state index contributed by atoms with van der Waals surface area (Å²) in [7, 11) is 0. The van der Waals surface area contributed by atoms with Gasteiger partial charge in [0.1, 0.15) is 0 Å². The number of ketones is 1. The molecule has 0 atom stereocenters. The molecule has 0 radical (unpaired) electrons. The van der Waals surface area contributed by atoms with Crippen molar-refractivity contribution in [3.8, 4) is 0 Å². The quantitative estimate of drug-likeness (QED) is 0.722. The Hall–Kier alpha value is -1.84. The third-order valence-corrected chi connectivity index (χ3v) is 3.74. The van der Waals surface area contributed by atoms with E-state index in [0.717, 1.165) is 10.9 Å². The Morgan fingerprint density at radius 3 is 2.84 bits per heavy atom. The van der Waals surface area contributed by atoms with E-state index in [4.69, 9.17) is 23.2 Å². The van der Waals surface area contributed by atoms with E-state index < -0.39 is 0 Å². The number of halogens is 2. The zero-order chi connectivity index (χ0) is 13.4. The van der Waals surface area contributed by atoms with Crippen LogP contribution in [0.1, 0.15) is 15.9 Å². The summed E-state index contributed by atoms with van der Waals surface area (Å²) in [6.45, 7) is 0. The lowest BCUT2D eigenvalue weighted by molar-refractivity contribution is 0.104. The summed E-state index contributed by atoms with van der Waals surface area (Å²) >= 11 is 12.0. The van der Waals surface area contributed by atoms with Gasteiger partial charge in [0.25, 0.3) is 0 Å². The highest BCUT2D eigenvalue weighted by Gasteiger charge is 2.18. The van der Waals surface area contributed by atoms with Gasteiger partial charge in [0.15, 0.2) is 5.78 Å². The van der Waals surface area contributed by atoms with E-state index in [1.165, 1.54) is 0 Å². The van der Waals surface area contributed by atoms with Crippen LogP contribution in [0.4, 0.5) is 0 Å². The van der Waals surface area contributed by atoms with Gasteiger partial charge in [-0.05, 0) is 18.2 Å². The molecule has 3 nitrogen and oxygen atoms in total. The summed E-state index contributed by atoms with van der Waals surface area (Å²) in [5.74, 6) is -0.174. The number of benzene rings is 1. The second kappa shape index (κ2) is 4.68. The monoisotopic (exact) mass is 290 g/mol. The average Bonchev–Trinajstić information content (AvgIpc) is 2.85. The Balaban J connectivity index is 2.17. The second-order valence-electron chi connectivity index (χ2n) is 4.05. The molecule has 1 N–H and O–H groups in total. The number of nitrogens with one attached hydrogen (secondary N) is 1. The van der Waals surface area contributed by atoms with Gasteiger partial charge in [-0.2, -0.15) is 0 Å². The van der Waals surface area contributed by atoms with Crippen molar-refractivity contribution in [1.29, 1.82) is 0 Å². The fourth-order valence-corrected chi connectivity index (χ4v) is 2.36. The van der Waals surface area contributed by atoms with E-state index in [0.29, 0.717) is 16.1 Å². The first-order valence-corrected chi connectivity index (χ1v) is 6.34. The molecule has 0 aliphatic carbocycles. The molecule has 3 aromatic rings. The zero-order valence-corrected chi connectivity index (χ0v) is 11.2. The first kappa shape index (κ1) is 12.2. The van der Waals surface area contributed by atoms with Gasteiger partial charge in [0, 0.05) is 40.6 Å². The number of aromatic nitrogens is 2. The highest BCUT2D eigenvalue weighted by atomic mass is 35.5. The van der Waals surface area contributed by atoms with Crippen molar-refractivity contribution < 1.29 is 4.79 Å². The average molecular weight is 291 g/mol. The SMILES string of the molecule is O=C(c1cccc(Cl)c1Cl)c1c[nH]c2ccncc12. The van der Waals surface area contributed by atoms with Gasteiger partial charge in [0.2, 0.25) is 0 Å². The number of carbonyl (C=O) groups excluding carboxylic acids is 1. The molecule has 19 heavy (non-hydrogen) atoms. The lowest BCUT2D eigenvalue weighted by atomic mass is 10.0. The van der Waals surface area contributed by atoms with E-state index in [-0.39, 0.29) is 10.8 Å². The third kappa shape index (κ3) is 2.01. The van der Waals surface area contributed by atoms with E-state index >= 15 is 0 Å². The van der Waals surface area contributed by atoms with Crippen molar-refractivity contribution in [3.63, 3.8) is 0 Å². The van der Waals surface area contributed by atoms with Crippen LogP contribution < -0.4 is 0 Å². The van der Waals surface area contributed by atoms with Gasteiger partial charge < -0.3 is 4.98 Å². The Morgan fingerprint density at radius 1 is 1.16 bits per heavy atom. The van der Waals surface area contributed by atoms with Crippen LogP contribution >= 0.6 is 23.2 Å². The Bertz CT molecular complexity index is 780. The molecule has 2 heterocycles. The molecule has 0 amide bonds. The summed E-state index contributed by atoms with van der Waals surface area (Å²) in [5, 5.41) is 1.40. The molecule has 0 fully saturated rings. The maximum atomic E-state index is 12.5. The van der Waals surface area contributed by atoms with Gasteiger partial charge in [-0.15, -0.1) is 0 Å². The topological polar surface area (TPSA) is 45.8 Å². The number of hydrogen-bond acceptors (Lipinski definition) is 2. The number of aromatic amines is 1. The second-order valence-corrected chi connectivity index (χ2v) is 4.84. The number of hydrogen-bond donors (Lipinski definition) is 1. The Morgan fingerprint density at radius 2 is 2.00 bits per heavy atom. The maximum Gasteiger partial charge on any atom is 0.196 e. The van der Waals surface area contributed by atoms with E-state index in [1.807, 2.05) is 6.07 Å². The summed E-state index contributed by atoms with van der Waals surface area (Å²) < 4.78 is 0. The predicted octanol–water partition coefficient (Wildman–Crippen LogP) is 4.10. The molecule has 5 heteroatoms. The molecule has 0 unspecified atom stereocenters. The first-order chi connectivity index (χ1) is 9.18. The molecule has 94 valence electrons. The third-order valence-electron chi connectivity index (χ3n) is 2.92. The largest absolute Gasteiger partial charge is 0.360 e.